The summed E-state index contributed by atoms with van der Waals surface area (Å²) in [4.78, 5) is 10.6. The summed E-state index contributed by atoms with van der Waals surface area (Å²) >= 11 is 5.44. The van der Waals surface area contributed by atoms with Crippen LogP contribution in [0.3, 0.4) is 0 Å². The van der Waals surface area contributed by atoms with Gasteiger partial charge in [0, 0.05) is 5.88 Å². The maximum Gasteiger partial charge on any atom is 0.342 e. The SMILES string of the molecule is O=C(O)c1c(O)c(F)c(OCCCCCCl)c(F)c1F. The Morgan fingerprint density at radius 2 is 1.75 bits per heavy atom. The van der Waals surface area contributed by atoms with Gasteiger partial charge in [0.2, 0.25) is 11.6 Å². The van der Waals surface area contributed by atoms with Crippen molar-refractivity contribution in [3.63, 3.8) is 0 Å². The molecule has 0 atom stereocenters. The van der Waals surface area contributed by atoms with Crippen LogP contribution < -0.4 is 4.74 Å². The number of carboxylic acids is 1. The van der Waals surface area contributed by atoms with Crippen LogP contribution in [0.2, 0.25) is 0 Å². The molecule has 0 bridgehead atoms. The number of unbranched alkanes of at least 4 members (excludes halogenated alkanes) is 2. The van der Waals surface area contributed by atoms with Gasteiger partial charge >= 0.3 is 5.97 Å². The second-order valence-corrected chi connectivity index (χ2v) is 4.28. The van der Waals surface area contributed by atoms with E-state index in [4.69, 9.17) is 21.4 Å². The molecule has 0 aliphatic rings. The van der Waals surface area contributed by atoms with Crippen molar-refractivity contribution >= 4 is 17.6 Å². The van der Waals surface area contributed by atoms with Gasteiger partial charge < -0.3 is 14.9 Å². The van der Waals surface area contributed by atoms with E-state index in [9.17, 15) is 23.1 Å². The van der Waals surface area contributed by atoms with Crippen molar-refractivity contribution in [2.75, 3.05) is 12.5 Å². The van der Waals surface area contributed by atoms with Crippen LogP contribution in [-0.2, 0) is 0 Å². The summed E-state index contributed by atoms with van der Waals surface area (Å²) < 4.78 is 45.2. The van der Waals surface area contributed by atoms with Crippen LogP contribution in [0.5, 0.6) is 11.5 Å². The van der Waals surface area contributed by atoms with Gasteiger partial charge in [0.1, 0.15) is 5.56 Å². The third-order valence-electron chi connectivity index (χ3n) is 2.49. The first-order chi connectivity index (χ1) is 9.41. The molecule has 2 N–H and O–H groups in total. The molecule has 0 unspecified atom stereocenters. The monoisotopic (exact) mass is 312 g/mol. The van der Waals surface area contributed by atoms with Gasteiger partial charge in [-0.2, -0.15) is 8.78 Å². The molecule has 0 saturated carbocycles. The Bertz CT molecular complexity index is 479. The number of aromatic carboxylic acids is 1. The first-order valence-corrected chi connectivity index (χ1v) is 6.26. The Morgan fingerprint density at radius 1 is 1.10 bits per heavy atom. The molecule has 0 saturated heterocycles. The summed E-state index contributed by atoms with van der Waals surface area (Å²) in [6, 6.07) is 0. The number of halogens is 4. The van der Waals surface area contributed by atoms with E-state index in [-0.39, 0.29) is 6.61 Å². The van der Waals surface area contributed by atoms with Crippen molar-refractivity contribution in [3.05, 3.63) is 23.0 Å². The van der Waals surface area contributed by atoms with Crippen molar-refractivity contribution in [1.82, 2.24) is 0 Å². The number of rotatable bonds is 7. The molecule has 0 spiro atoms. The highest BCUT2D eigenvalue weighted by Crippen LogP contribution is 2.35. The largest absolute Gasteiger partial charge is 0.504 e. The highest BCUT2D eigenvalue weighted by atomic mass is 35.5. The van der Waals surface area contributed by atoms with Crippen molar-refractivity contribution in [1.29, 1.82) is 0 Å². The maximum atomic E-state index is 13.6. The second-order valence-electron chi connectivity index (χ2n) is 3.90. The number of carboxylic acid groups (broad SMARTS) is 1. The zero-order valence-electron chi connectivity index (χ0n) is 10.3. The third-order valence-corrected chi connectivity index (χ3v) is 2.76. The summed E-state index contributed by atoms with van der Waals surface area (Å²) in [6.45, 7) is -0.115. The Hall–Kier alpha value is -1.63. The minimum absolute atomic E-state index is 0.115. The van der Waals surface area contributed by atoms with E-state index in [1.165, 1.54) is 0 Å². The molecule has 4 nitrogen and oxygen atoms in total. The molecule has 0 radical (unpaired) electrons. The lowest BCUT2D eigenvalue weighted by molar-refractivity contribution is 0.0685. The van der Waals surface area contributed by atoms with Gasteiger partial charge in [-0.1, -0.05) is 0 Å². The zero-order valence-corrected chi connectivity index (χ0v) is 11.0. The number of hydrogen-bond donors (Lipinski definition) is 2. The summed E-state index contributed by atoms with van der Waals surface area (Å²) in [6.07, 6.45) is 1.76. The lowest BCUT2D eigenvalue weighted by Crippen LogP contribution is -2.09. The third kappa shape index (κ3) is 3.47. The Labute approximate surface area is 117 Å². The molecular formula is C12H12ClF3O4. The quantitative estimate of drug-likeness (QED) is 0.460. The Morgan fingerprint density at radius 3 is 2.30 bits per heavy atom. The standard InChI is InChI=1S/C12H12ClF3O4/c13-4-2-1-3-5-20-11-8(15)7(14)6(12(18)19)10(17)9(11)16/h17H,1-5H2,(H,18,19). The highest BCUT2D eigenvalue weighted by molar-refractivity contribution is 6.17. The van der Waals surface area contributed by atoms with Gasteiger partial charge in [-0.3, -0.25) is 0 Å². The molecule has 1 aromatic carbocycles. The molecule has 0 heterocycles. The molecule has 0 aliphatic carbocycles. The minimum Gasteiger partial charge on any atom is -0.504 e. The van der Waals surface area contributed by atoms with Gasteiger partial charge in [-0.25, -0.2) is 9.18 Å². The number of hydrogen-bond acceptors (Lipinski definition) is 3. The predicted octanol–water partition coefficient (Wildman–Crippen LogP) is 3.30. The van der Waals surface area contributed by atoms with E-state index < -0.39 is 40.5 Å². The summed E-state index contributed by atoms with van der Waals surface area (Å²) in [5.41, 5.74) is -1.46. The van der Waals surface area contributed by atoms with Gasteiger partial charge in [-0.05, 0) is 19.3 Å². The minimum atomic E-state index is -1.98. The van der Waals surface area contributed by atoms with Gasteiger partial charge in [0.15, 0.2) is 17.3 Å². The van der Waals surface area contributed by atoms with Crippen LogP contribution in [-0.4, -0.2) is 28.7 Å². The normalized spacial score (nSPS) is 10.6. The smallest absolute Gasteiger partial charge is 0.342 e. The molecule has 8 heteroatoms. The first kappa shape index (κ1) is 16.4. The highest BCUT2D eigenvalue weighted by Gasteiger charge is 2.29. The second kappa shape index (κ2) is 7.23. The molecule has 1 rings (SSSR count). The number of ether oxygens (including phenoxy) is 1. The fourth-order valence-electron chi connectivity index (χ4n) is 1.50. The van der Waals surface area contributed by atoms with Gasteiger partial charge in [0.05, 0.1) is 6.61 Å². The van der Waals surface area contributed by atoms with E-state index >= 15 is 0 Å². The summed E-state index contributed by atoms with van der Waals surface area (Å²) in [7, 11) is 0. The zero-order chi connectivity index (χ0) is 15.3. The van der Waals surface area contributed by atoms with E-state index in [1.807, 2.05) is 0 Å². The lowest BCUT2D eigenvalue weighted by Gasteiger charge is -2.11. The molecule has 0 aliphatic heterocycles. The van der Waals surface area contributed by atoms with Crippen molar-refractivity contribution < 1.29 is 32.9 Å². The van der Waals surface area contributed by atoms with Crippen molar-refractivity contribution in [3.8, 4) is 11.5 Å². The van der Waals surface area contributed by atoms with E-state index in [2.05, 4.69) is 0 Å². The van der Waals surface area contributed by atoms with Crippen molar-refractivity contribution in [2.24, 2.45) is 0 Å². The topological polar surface area (TPSA) is 66.8 Å². The molecule has 1 aromatic rings. The average Bonchev–Trinajstić information content (AvgIpc) is 2.39. The number of phenols is 1. The van der Waals surface area contributed by atoms with Crippen LogP contribution in [0.4, 0.5) is 13.2 Å². The van der Waals surface area contributed by atoms with Gasteiger partial charge in [0.25, 0.3) is 0 Å². The summed E-state index contributed by atoms with van der Waals surface area (Å²) in [5.74, 6) is -9.46. The maximum absolute atomic E-state index is 13.6. The van der Waals surface area contributed by atoms with Crippen LogP contribution in [0, 0.1) is 17.5 Å². The summed E-state index contributed by atoms with van der Waals surface area (Å²) in [5, 5.41) is 17.8. The van der Waals surface area contributed by atoms with E-state index in [0.29, 0.717) is 25.1 Å². The fourth-order valence-corrected chi connectivity index (χ4v) is 1.69. The number of aromatic hydroxyl groups is 1. The van der Waals surface area contributed by atoms with Crippen LogP contribution in [0.25, 0.3) is 0 Å². The first-order valence-electron chi connectivity index (χ1n) is 5.73. The van der Waals surface area contributed by atoms with Crippen LogP contribution >= 0.6 is 11.6 Å². The molecular weight excluding hydrogens is 301 g/mol. The fraction of sp³-hybridized carbons (Fsp3) is 0.417. The Balaban J connectivity index is 2.95. The molecule has 0 amide bonds. The molecule has 0 aromatic heterocycles. The average molecular weight is 313 g/mol. The molecule has 0 fully saturated rings. The predicted molar refractivity (Wildman–Crippen MR) is 65.0 cm³/mol. The van der Waals surface area contributed by atoms with Crippen LogP contribution in [0.15, 0.2) is 0 Å². The van der Waals surface area contributed by atoms with Crippen LogP contribution in [0.1, 0.15) is 29.6 Å². The number of alkyl halides is 1. The van der Waals surface area contributed by atoms with E-state index in [0.717, 1.165) is 0 Å². The van der Waals surface area contributed by atoms with Crippen molar-refractivity contribution in [2.45, 2.75) is 19.3 Å². The van der Waals surface area contributed by atoms with Gasteiger partial charge in [-0.15, -0.1) is 11.6 Å². The van der Waals surface area contributed by atoms with E-state index in [1.54, 1.807) is 0 Å². The lowest BCUT2D eigenvalue weighted by atomic mass is 10.1. The number of benzene rings is 1. The molecule has 112 valence electrons. The number of carbonyl (C=O) groups is 1. The molecule has 20 heavy (non-hydrogen) atoms. The Kier molecular flexibility index (Phi) is 5.94.